The monoisotopic (exact) mass is 786 g/mol. The van der Waals surface area contributed by atoms with Gasteiger partial charge < -0.3 is 28.5 Å². The van der Waals surface area contributed by atoms with Crippen LogP contribution in [0.15, 0.2) is 0 Å². The van der Waals surface area contributed by atoms with E-state index in [1.807, 2.05) is 0 Å². The first-order chi connectivity index (χ1) is 26.5. The number of unbranched alkanes of at least 4 members (excludes halogenated alkanes) is 12. The maximum atomic E-state index is 8.42. The second-order valence-electron chi connectivity index (χ2n) is 17.2. The van der Waals surface area contributed by atoms with E-state index in [1.54, 1.807) is 0 Å². The molecule has 0 aliphatic heterocycles. The van der Waals surface area contributed by atoms with Gasteiger partial charge in [-0.25, -0.2) is 0 Å². The standard InChI is InChI=1S/3C16H36N.BO3/c3*1-5-9-13-17(14-10-6-2,15-11-7-3)16-12-8-4;2-1(3)4/h3*5-16H2,1-4H3;/q3*+1;-3. The molecule has 336 valence electrons. The molecule has 0 aliphatic rings. The maximum Gasteiger partial charge on any atom is 0.0786 e. The van der Waals surface area contributed by atoms with Gasteiger partial charge in [-0.05, 0) is 77.0 Å². The molecule has 0 spiro atoms. The molecule has 0 radical (unpaired) electrons. The van der Waals surface area contributed by atoms with Crippen molar-refractivity contribution in [2.75, 3.05) is 78.5 Å². The Balaban J connectivity index is -0.000000337. The first kappa shape index (κ1) is 61.5. The third kappa shape index (κ3) is 40.4. The molecule has 0 saturated carbocycles. The minimum absolute atomic E-state index is 1.35. The summed E-state index contributed by atoms with van der Waals surface area (Å²) in [7, 11) is -2.92. The normalized spacial score (nSPS) is 11.6. The SMILES string of the molecule is CCCC[N+](CCCC)(CCCC)CCCC.CCCC[N+](CCCC)(CCCC)CCCC.CCCC[N+](CCCC)(CCCC)CCCC.[O-]B([O-])[O-]. The van der Waals surface area contributed by atoms with Gasteiger partial charge >= 0.3 is 0 Å². The lowest BCUT2D eigenvalue weighted by molar-refractivity contribution is -0.929. The van der Waals surface area contributed by atoms with Crippen LogP contribution in [0.4, 0.5) is 0 Å². The van der Waals surface area contributed by atoms with Gasteiger partial charge in [-0.2, -0.15) is 0 Å². The molecule has 0 aromatic carbocycles. The third-order valence-electron chi connectivity index (χ3n) is 11.8. The Labute approximate surface area is 350 Å². The summed E-state index contributed by atoms with van der Waals surface area (Å²) in [6, 6.07) is 0. The summed E-state index contributed by atoms with van der Waals surface area (Å²) >= 11 is 0. The maximum absolute atomic E-state index is 8.42. The molecule has 6 nitrogen and oxygen atoms in total. The Morgan fingerprint density at radius 1 is 0.218 bits per heavy atom. The smallest absolute Gasteiger partial charge is 0.0786 e. The molecule has 55 heavy (non-hydrogen) atoms. The van der Waals surface area contributed by atoms with Gasteiger partial charge in [0.05, 0.1) is 78.5 Å². The minimum atomic E-state index is -2.92. The molecule has 0 bridgehead atoms. The fraction of sp³-hybridized carbons (Fsp3) is 1.00. The molecule has 0 aromatic rings. The summed E-state index contributed by atoms with van der Waals surface area (Å²) < 4.78 is 4.26. The lowest BCUT2D eigenvalue weighted by Crippen LogP contribution is -2.56. The van der Waals surface area contributed by atoms with Crippen LogP contribution in [0.25, 0.3) is 0 Å². The molecule has 0 atom stereocenters. The average Bonchev–Trinajstić information content (AvgIpc) is 3.19. The number of hydrogen-bond acceptors (Lipinski definition) is 3. The quantitative estimate of drug-likeness (QED) is 0.0469. The summed E-state index contributed by atoms with van der Waals surface area (Å²) in [6.45, 7) is 45.1. The third-order valence-corrected chi connectivity index (χ3v) is 11.8. The van der Waals surface area contributed by atoms with Gasteiger partial charge in [0.25, 0.3) is 0 Å². The van der Waals surface area contributed by atoms with Crippen molar-refractivity contribution in [2.24, 2.45) is 0 Å². The van der Waals surface area contributed by atoms with Gasteiger partial charge in [-0.15, -0.1) is 0 Å². The zero-order chi connectivity index (χ0) is 42.5. The molecule has 0 aliphatic carbocycles. The topological polar surface area (TPSA) is 69.2 Å². The summed E-state index contributed by atoms with van der Waals surface area (Å²) in [6.07, 6.45) is 33.2. The van der Waals surface area contributed by atoms with Crippen LogP contribution in [0.3, 0.4) is 0 Å². The Kier molecular flexibility index (Phi) is 52.0. The van der Waals surface area contributed by atoms with Crippen molar-refractivity contribution >= 4 is 7.32 Å². The van der Waals surface area contributed by atoms with E-state index in [0.717, 1.165) is 0 Å². The second-order valence-corrected chi connectivity index (χ2v) is 17.2. The van der Waals surface area contributed by atoms with Crippen LogP contribution in [-0.4, -0.2) is 99.3 Å². The van der Waals surface area contributed by atoms with Crippen molar-refractivity contribution in [3.8, 4) is 0 Å². The van der Waals surface area contributed by atoms with Gasteiger partial charge in [0.1, 0.15) is 0 Å². The average molecular weight is 786 g/mol. The van der Waals surface area contributed by atoms with Crippen molar-refractivity contribution in [1.29, 1.82) is 0 Å². The van der Waals surface area contributed by atoms with Crippen LogP contribution in [-0.2, 0) is 0 Å². The van der Waals surface area contributed by atoms with Crippen LogP contribution in [0.2, 0.25) is 0 Å². The van der Waals surface area contributed by atoms with Crippen molar-refractivity contribution in [2.45, 2.75) is 237 Å². The van der Waals surface area contributed by atoms with Crippen LogP contribution in [0, 0.1) is 0 Å². The van der Waals surface area contributed by atoms with E-state index in [1.165, 1.54) is 246 Å². The van der Waals surface area contributed by atoms with Crippen LogP contribution in [0.1, 0.15) is 237 Å². The van der Waals surface area contributed by atoms with Crippen molar-refractivity contribution in [1.82, 2.24) is 0 Å². The van der Waals surface area contributed by atoms with E-state index in [4.69, 9.17) is 15.1 Å². The number of nitrogens with zero attached hydrogens (tertiary/aromatic N) is 3. The van der Waals surface area contributed by atoms with Crippen LogP contribution in [0.5, 0.6) is 0 Å². The van der Waals surface area contributed by atoms with Gasteiger partial charge in [0, 0.05) is 0 Å². The highest BCUT2D eigenvalue weighted by molar-refractivity contribution is 6.24. The number of rotatable bonds is 36. The van der Waals surface area contributed by atoms with E-state index < -0.39 is 7.32 Å². The van der Waals surface area contributed by atoms with Crippen molar-refractivity contribution in [3.63, 3.8) is 0 Å². The molecular formula is C48H108BN3O3. The number of quaternary nitrogens is 3. The van der Waals surface area contributed by atoms with Gasteiger partial charge in [-0.1, -0.05) is 160 Å². The first-order valence-electron chi connectivity index (χ1n) is 25.0. The zero-order valence-electron chi connectivity index (χ0n) is 40.6. The Hall–Kier alpha value is -0.175. The van der Waals surface area contributed by atoms with Gasteiger partial charge in [0.15, 0.2) is 0 Å². The second kappa shape index (κ2) is 46.5. The summed E-state index contributed by atoms with van der Waals surface area (Å²) in [5.74, 6) is 0. The lowest BCUT2D eigenvalue weighted by atomic mass is 10.1. The minimum Gasteiger partial charge on any atom is -0.907 e. The molecule has 0 N–H and O–H groups in total. The van der Waals surface area contributed by atoms with E-state index >= 15 is 0 Å². The fourth-order valence-electron chi connectivity index (χ4n) is 7.93. The number of hydrogen-bond donors (Lipinski definition) is 0. The highest BCUT2D eigenvalue weighted by Gasteiger charge is 2.26. The zero-order valence-corrected chi connectivity index (χ0v) is 40.6. The van der Waals surface area contributed by atoms with Crippen molar-refractivity contribution < 1.29 is 28.5 Å². The van der Waals surface area contributed by atoms with Crippen molar-refractivity contribution in [3.05, 3.63) is 0 Å². The first-order valence-corrected chi connectivity index (χ1v) is 25.0. The highest BCUT2D eigenvalue weighted by atomic mass is 16.5. The van der Waals surface area contributed by atoms with E-state index in [-0.39, 0.29) is 0 Å². The summed E-state index contributed by atoms with van der Waals surface area (Å²) in [5, 5.41) is 25.2. The summed E-state index contributed by atoms with van der Waals surface area (Å²) in [5.41, 5.74) is 0. The molecule has 0 saturated heterocycles. The Morgan fingerprint density at radius 2 is 0.291 bits per heavy atom. The molecule has 0 unspecified atom stereocenters. The van der Waals surface area contributed by atoms with E-state index in [9.17, 15) is 0 Å². The molecule has 0 aromatic heterocycles. The Bertz CT molecular complexity index is 496. The van der Waals surface area contributed by atoms with Gasteiger partial charge in [-0.3, -0.25) is 7.32 Å². The van der Waals surface area contributed by atoms with Crippen LogP contribution >= 0.6 is 0 Å². The lowest BCUT2D eigenvalue weighted by Gasteiger charge is -2.39. The van der Waals surface area contributed by atoms with Crippen LogP contribution < -0.4 is 15.1 Å². The van der Waals surface area contributed by atoms with Gasteiger partial charge in [0.2, 0.25) is 0 Å². The molecule has 7 heteroatoms. The molecular weight excluding hydrogens is 677 g/mol. The largest absolute Gasteiger partial charge is 0.907 e. The molecule has 0 rings (SSSR count). The molecule has 0 heterocycles. The highest BCUT2D eigenvalue weighted by Crippen LogP contribution is 2.19. The van der Waals surface area contributed by atoms with E-state index in [2.05, 4.69) is 83.1 Å². The Morgan fingerprint density at radius 3 is 0.345 bits per heavy atom. The molecule has 0 amide bonds. The predicted molar refractivity (Wildman–Crippen MR) is 244 cm³/mol. The summed E-state index contributed by atoms with van der Waals surface area (Å²) in [4.78, 5) is 0. The predicted octanol–water partition coefficient (Wildman–Crippen LogP) is 11.1. The fourth-order valence-corrected chi connectivity index (χ4v) is 7.93. The molecule has 0 fully saturated rings. The van der Waals surface area contributed by atoms with E-state index in [0.29, 0.717) is 0 Å².